The molecule has 0 spiro atoms. The summed E-state index contributed by atoms with van der Waals surface area (Å²) in [7, 11) is 0. The van der Waals surface area contributed by atoms with Crippen molar-refractivity contribution < 1.29 is 4.79 Å². The molecule has 16 heavy (non-hydrogen) atoms. The minimum Gasteiger partial charge on any atom is -0.335 e. The highest BCUT2D eigenvalue weighted by Crippen LogP contribution is 2.28. The van der Waals surface area contributed by atoms with Crippen LogP contribution in [0.1, 0.15) is 32.6 Å². The van der Waals surface area contributed by atoms with Crippen molar-refractivity contribution in [3.63, 3.8) is 0 Å². The van der Waals surface area contributed by atoms with Crippen LogP contribution in [0.4, 0.5) is 4.79 Å². The molecule has 1 fully saturated rings. The maximum absolute atomic E-state index is 11.5. The van der Waals surface area contributed by atoms with Gasteiger partial charge in [-0.2, -0.15) is 11.8 Å². The van der Waals surface area contributed by atoms with Crippen molar-refractivity contribution in [2.45, 2.75) is 43.9 Å². The summed E-state index contributed by atoms with van der Waals surface area (Å²) in [5, 5.41) is 6.51. The van der Waals surface area contributed by atoms with Crippen LogP contribution >= 0.6 is 11.8 Å². The van der Waals surface area contributed by atoms with Gasteiger partial charge in [0.05, 0.1) is 0 Å². The maximum atomic E-state index is 11.5. The predicted molar refractivity (Wildman–Crippen MR) is 70.9 cm³/mol. The molecule has 0 saturated heterocycles. The lowest BCUT2D eigenvalue weighted by Gasteiger charge is -2.29. The monoisotopic (exact) mass is 242 g/mol. The van der Waals surface area contributed by atoms with Crippen LogP contribution in [-0.2, 0) is 0 Å². The molecular formula is C12H22N2OS. The molecule has 1 aliphatic rings. The second-order valence-electron chi connectivity index (χ2n) is 4.08. The number of carbonyl (C=O) groups excluding carboxylic acids is 1. The Kier molecular flexibility index (Phi) is 6.38. The molecule has 1 rings (SSSR count). The van der Waals surface area contributed by atoms with Gasteiger partial charge in [-0.3, -0.25) is 0 Å². The third-order valence-electron chi connectivity index (χ3n) is 2.77. The first-order valence-corrected chi connectivity index (χ1v) is 7.08. The zero-order valence-corrected chi connectivity index (χ0v) is 10.8. The zero-order chi connectivity index (χ0) is 11.8. The second-order valence-corrected chi connectivity index (χ2v) is 5.66. The Labute approximate surface area is 102 Å². The van der Waals surface area contributed by atoms with Crippen LogP contribution in [0.2, 0.25) is 0 Å². The highest BCUT2D eigenvalue weighted by molar-refractivity contribution is 7.99. The fourth-order valence-electron chi connectivity index (χ4n) is 2.06. The van der Waals surface area contributed by atoms with Crippen LogP contribution in [0, 0.1) is 0 Å². The summed E-state index contributed by atoms with van der Waals surface area (Å²) < 4.78 is 0. The van der Waals surface area contributed by atoms with Crippen molar-refractivity contribution in [3.8, 4) is 0 Å². The molecule has 0 aromatic carbocycles. The van der Waals surface area contributed by atoms with Crippen molar-refractivity contribution in [2.75, 3.05) is 12.3 Å². The Morgan fingerprint density at radius 1 is 1.56 bits per heavy atom. The summed E-state index contributed by atoms with van der Waals surface area (Å²) in [5.41, 5.74) is 0. The summed E-state index contributed by atoms with van der Waals surface area (Å²) >= 11 is 2.01. The normalized spacial score (nSPS) is 24.8. The molecule has 0 aromatic rings. The number of rotatable bonds is 5. The molecule has 3 nitrogen and oxygen atoms in total. The Bertz CT molecular complexity index is 231. The van der Waals surface area contributed by atoms with E-state index in [2.05, 4.69) is 24.1 Å². The van der Waals surface area contributed by atoms with Crippen LogP contribution in [-0.4, -0.2) is 29.6 Å². The van der Waals surface area contributed by atoms with Crippen LogP contribution in [0.5, 0.6) is 0 Å². The molecule has 2 N–H and O–H groups in total. The lowest BCUT2D eigenvalue weighted by molar-refractivity contribution is 0.234. The number of hydrogen-bond acceptors (Lipinski definition) is 2. The SMILES string of the molecule is C=CCNC(=O)N[C@@H]1CCC[C@H](SCC)C1. The summed E-state index contributed by atoms with van der Waals surface area (Å²) in [6, 6.07) is 0.287. The molecule has 0 radical (unpaired) electrons. The van der Waals surface area contributed by atoms with E-state index in [-0.39, 0.29) is 6.03 Å². The quantitative estimate of drug-likeness (QED) is 0.727. The fourth-order valence-corrected chi connectivity index (χ4v) is 3.24. The summed E-state index contributed by atoms with van der Waals surface area (Å²) in [6.07, 6.45) is 6.44. The van der Waals surface area contributed by atoms with Crippen LogP contribution in [0.15, 0.2) is 12.7 Å². The number of nitrogens with one attached hydrogen (secondary N) is 2. The van der Waals surface area contributed by atoms with E-state index in [1.54, 1.807) is 6.08 Å². The average molecular weight is 242 g/mol. The van der Waals surface area contributed by atoms with Crippen LogP contribution in [0.25, 0.3) is 0 Å². The van der Waals surface area contributed by atoms with Gasteiger partial charge in [0, 0.05) is 17.8 Å². The van der Waals surface area contributed by atoms with Gasteiger partial charge in [-0.1, -0.05) is 19.4 Å². The molecule has 1 saturated carbocycles. The zero-order valence-electron chi connectivity index (χ0n) is 10.00. The number of amides is 2. The summed E-state index contributed by atoms with van der Waals surface area (Å²) in [6.45, 7) is 6.30. The first-order chi connectivity index (χ1) is 7.76. The molecule has 2 amide bonds. The van der Waals surface area contributed by atoms with E-state index in [4.69, 9.17) is 0 Å². The largest absolute Gasteiger partial charge is 0.335 e. The van der Waals surface area contributed by atoms with E-state index in [1.165, 1.54) is 18.6 Å². The molecular weight excluding hydrogens is 220 g/mol. The van der Waals surface area contributed by atoms with E-state index in [9.17, 15) is 4.79 Å². The molecule has 0 unspecified atom stereocenters. The van der Waals surface area contributed by atoms with Crippen LogP contribution in [0.3, 0.4) is 0 Å². The molecule has 92 valence electrons. The van der Waals surface area contributed by atoms with E-state index in [0.717, 1.165) is 18.1 Å². The molecule has 0 bridgehead atoms. The lowest BCUT2D eigenvalue weighted by atomic mass is 9.95. The third-order valence-corrected chi connectivity index (χ3v) is 4.00. The number of carbonyl (C=O) groups is 1. The summed E-state index contributed by atoms with van der Waals surface area (Å²) in [4.78, 5) is 11.5. The van der Waals surface area contributed by atoms with Crippen molar-refractivity contribution >= 4 is 17.8 Å². The van der Waals surface area contributed by atoms with E-state index < -0.39 is 0 Å². The van der Waals surface area contributed by atoms with Gasteiger partial charge in [-0.05, 0) is 25.0 Å². The topological polar surface area (TPSA) is 41.1 Å². The minimum absolute atomic E-state index is 0.0629. The maximum Gasteiger partial charge on any atom is 0.315 e. The highest BCUT2D eigenvalue weighted by Gasteiger charge is 2.22. The molecule has 4 heteroatoms. The fraction of sp³-hybridized carbons (Fsp3) is 0.750. The smallest absolute Gasteiger partial charge is 0.315 e. The van der Waals surface area contributed by atoms with Crippen LogP contribution < -0.4 is 10.6 Å². The Hall–Kier alpha value is -0.640. The second kappa shape index (κ2) is 7.60. The number of thioether (sulfide) groups is 1. The van der Waals surface area contributed by atoms with Gasteiger partial charge >= 0.3 is 6.03 Å². The highest BCUT2D eigenvalue weighted by atomic mass is 32.2. The Morgan fingerprint density at radius 2 is 2.38 bits per heavy atom. The first kappa shape index (κ1) is 13.4. The Balaban J connectivity index is 2.25. The van der Waals surface area contributed by atoms with E-state index in [0.29, 0.717) is 12.6 Å². The molecule has 1 aliphatic carbocycles. The summed E-state index contributed by atoms with van der Waals surface area (Å²) in [5.74, 6) is 1.17. The van der Waals surface area contributed by atoms with Gasteiger partial charge in [0.2, 0.25) is 0 Å². The molecule has 0 heterocycles. The standard InChI is InChI=1S/C12H22N2OS/c1-3-8-13-12(15)14-10-6-5-7-11(9-10)16-4-2/h3,10-11H,1,4-9H2,2H3,(H2,13,14,15)/t10-,11+/m1/s1. The van der Waals surface area contributed by atoms with Gasteiger partial charge in [-0.25, -0.2) is 4.79 Å². The van der Waals surface area contributed by atoms with E-state index >= 15 is 0 Å². The van der Waals surface area contributed by atoms with Gasteiger partial charge in [0.25, 0.3) is 0 Å². The van der Waals surface area contributed by atoms with Crippen molar-refractivity contribution in [3.05, 3.63) is 12.7 Å². The molecule has 0 aromatic heterocycles. The van der Waals surface area contributed by atoms with Crippen molar-refractivity contribution in [2.24, 2.45) is 0 Å². The number of hydrogen-bond donors (Lipinski definition) is 2. The first-order valence-electron chi connectivity index (χ1n) is 6.03. The van der Waals surface area contributed by atoms with Gasteiger partial charge in [-0.15, -0.1) is 6.58 Å². The van der Waals surface area contributed by atoms with Gasteiger partial charge < -0.3 is 10.6 Å². The lowest BCUT2D eigenvalue weighted by Crippen LogP contribution is -2.44. The van der Waals surface area contributed by atoms with Crippen molar-refractivity contribution in [1.29, 1.82) is 0 Å². The average Bonchev–Trinajstić information content (AvgIpc) is 2.27. The van der Waals surface area contributed by atoms with Gasteiger partial charge in [0.1, 0.15) is 0 Å². The molecule has 2 atom stereocenters. The third kappa shape index (κ3) is 4.92. The van der Waals surface area contributed by atoms with Gasteiger partial charge in [0.15, 0.2) is 0 Å². The molecule has 0 aliphatic heterocycles. The van der Waals surface area contributed by atoms with E-state index in [1.807, 2.05) is 11.8 Å². The predicted octanol–water partition coefficient (Wildman–Crippen LogP) is 2.54. The van der Waals surface area contributed by atoms with Crippen molar-refractivity contribution in [1.82, 2.24) is 10.6 Å². The Morgan fingerprint density at radius 3 is 3.06 bits per heavy atom. The minimum atomic E-state index is -0.0629. The number of urea groups is 1.